The molecule has 0 spiro atoms. The molecule has 0 fully saturated rings. The van der Waals surface area contributed by atoms with Gasteiger partial charge in [0, 0.05) is 16.8 Å². The van der Waals surface area contributed by atoms with Crippen molar-refractivity contribution in [2.24, 2.45) is 0 Å². The standard InChI is InChI=1S/C10H8ClNO3S/c1-2-15-10(14)9-8-5(4-16-9)6(11)3-7(13)12-8/h3-4H,2H2,1H3,(H,12,13). The molecule has 0 aliphatic heterocycles. The van der Waals surface area contributed by atoms with E-state index in [0.717, 1.165) is 0 Å². The molecule has 0 saturated heterocycles. The summed E-state index contributed by atoms with van der Waals surface area (Å²) in [6.45, 7) is 2.02. The molecule has 2 rings (SSSR count). The monoisotopic (exact) mass is 257 g/mol. The van der Waals surface area contributed by atoms with E-state index in [1.54, 1.807) is 12.3 Å². The number of pyridine rings is 1. The third-order valence-corrected chi connectivity index (χ3v) is 3.29. The Labute approximate surface area is 99.8 Å². The van der Waals surface area contributed by atoms with Crippen molar-refractivity contribution in [2.45, 2.75) is 6.92 Å². The third kappa shape index (κ3) is 1.83. The Bertz CT molecular complexity index is 602. The number of halogens is 1. The van der Waals surface area contributed by atoms with Gasteiger partial charge in [-0.3, -0.25) is 4.79 Å². The maximum absolute atomic E-state index is 11.6. The van der Waals surface area contributed by atoms with E-state index in [-0.39, 0.29) is 5.56 Å². The van der Waals surface area contributed by atoms with Gasteiger partial charge in [-0.2, -0.15) is 0 Å². The van der Waals surface area contributed by atoms with Crippen LogP contribution in [0.5, 0.6) is 0 Å². The van der Waals surface area contributed by atoms with E-state index in [1.165, 1.54) is 17.4 Å². The fourth-order valence-electron chi connectivity index (χ4n) is 1.36. The molecule has 6 heteroatoms. The first-order chi connectivity index (χ1) is 7.63. The lowest BCUT2D eigenvalue weighted by molar-refractivity contribution is 0.0534. The lowest BCUT2D eigenvalue weighted by Crippen LogP contribution is -2.07. The second-order valence-electron chi connectivity index (χ2n) is 3.06. The molecule has 2 aromatic rings. The number of fused-ring (bicyclic) bond motifs is 1. The van der Waals surface area contributed by atoms with E-state index in [9.17, 15) is 9.59 Å². The number of esters is 1. The molecule has 16 heavy (non-hydrogen) atoms. The molecule has 0 saturated carbocycles. The minimum atomic E-state index is -0.444. The molecular formula is C10H8ClNO3S. The molecule has 84 valence electrons. The Morgan fingerprint density at radius 2 is 2.38 bits per heavy atom. The second kappa shape index (κ2) is 4.27. The number of thiophene rings is 1. The van der Waals surface area contributed by atoms with Crippen molar-refractivity contribution in [1.82, 2.24) is 4.98 Å². The van der Waals surface area contributed by atoms with Gasteiger partial charge >= 0.3 is 5.97 Å². The lowest BCUT2D eigenvalue weighted by atomic mass is 10.3. The summed E-state index contributed by atoms with van der Waals surface area (Å²) in [7, 11) is 0. The summed E-state index contributed by atoms with van der Waals surface area (Å²) in [5.74, 6) is -0.444. The summed E-state index contributed by atoms with van der Waals surface area (Å²) in [4.78, 5) is 25.8. The van der Waals surface area contributed by atoms with Crippen LogP contribution in [0.25, 0.3) is 10.9 Å². The van der Waals surface area contributed by atoms with E-state index >= 15 is 0 Å². The minimum absolute atomic E-state index is 0.295. The largest absolute Gasteiger partial charge is 0.462 e. The Hall–Kier alpha value is -1.33. The second-order valence-corrected chi connectivity index (χ2v) is 4.34. The van der Waals surface area contributed by atoms with Crippen LogP contribution in [-0.2, 0) is 4.74 Å². The predicted molar refractivity (Wildman–Crippen MR) is 63.4 cm³/mol. The Kier molecular flexibility index (Phi) is 2.98. The normalized spacial score (nSPS) is 10.6. The van der Waals surface area contributed by atoms with Gasteiger partial charge < -0.3 is 9.72 Å². The number of hydrogen-bond donors (Lipinski definition) is 1. The lowest BCUT2D eigenvalue weighted by Gasteiger charge is -1.99. The third-order valence-electron chi connectivity index (χ3n) is 2.02. The van der Waals surface area contributed by atoms with Crippen molar-refractivity contribution in [3.63, 3.8) is 0 Å². The van der Waals surface area contributed by atoms with Crippen molar-refractivity contribution in [2.75, 3.05) is 6.61 Å². The molecular weight excluding hydrogens is 250 g/mol. The van der Waals surface area contributed by atoms with Crippen molar-refractivity contribution >= 4 is 39.8 Å². The van der Waals surface area contributed by atoms with Gasteiger partial charge in [0.15, 0.2) is 0 Å². The maximum Gasteiger partial charge on any atom is 0.350 e. The molecule has 1 N–H and O–H groups in total. The fraction of sp³-hybridized carbons (Fsp3) is 0.200. The average Bonchev–Trinajstić information content (AvgIpc) is 2.61. The summed E-state index contributed by atoms with van der Waals surface area (Å²) < 4.78 is 4.88. The zero-order chi connectivity index (χ0) is 11.7. The SMILES string of the molecule is CCOC(=O)c1scc2c(Cl)cc(=O)[nH]c12. The van der Waals surface area contributed by atoms with Crippen molar-refractivity contribution < 1.29 is 9.53 Å². The molecule has 0 radical (unpaired) electrons. The highest BCUT2D eigenvalue weighted by Gasteiger charge is 2.16. The van der Waals surface area contributed by atoms with E-state index < -0.39 is 5.97 Å². The van der Waals surface area contributed by atoms with Crippen LogP contribution < -0.4 is 5.56 Å². The number of hydrogen-bond acceptors (Lipinski definition) is 4. The minimum Gasteiger partial charge on any atom is -0.462 e. The summed E-state index contributed by atoms with van der Waals surface area (Å²) in [5.41, 5.74) is 0.113. The number of carbonyl (C=O) groups excluding carboxylic acids is 1. The van der Waals surface area contributed by atoms with Gasteiger partial charge in [-0.15, -0.1) is 11.3 Å². The molecule has 2 aromatic heterocycles. The van der Waals surface area contributed by atoms with Crippen molar-refractivity contribution in [1.29, 1.82) is 0 Å². The highest BCUT2D eigenvalue weighted by atomic mass is 35.5. The van der Waals surface area contributed by atoms with Crippen LogP contribution in [0, 0.1) is 0 Å². The van der Waals surface area contributed by atoms with Crippen molar-refractivity contribution in [3.8, 4) is 0 Å². The Balaban J connectivity index is 2.64. The van der Waals surface area contributed by atoms with Crippen LogP contribution in [0.2, 0.25) is 5.02 Å². The highest BCUT2D eigenvalue weighted by molar-refractivity contribution is 7.13. The Morgan fingerprint density at radius 1 is 1.62 bits per heavy atom. The topological polar surface area (TPSA) is 59.2 Å². The van der Waals surface area contributed by atoms with Crippen LogP contribution >= 0.6 is 22.9 Å². The molecule has 0 aromatic carbocycles. The predicted octanol–water partition coefficient (Wildman–Crippen LogP) is 2.42. The van der Waals surface area contributed by atoms with Gasteiger partial charge in [0.2, 0.25) is 5.56 Å². The summed E-state index contributed by atoms with van der Waals surface area (Å²) in [5, 5.41) is 2.72. The average molecular weight is 258 g/mol. The molecule has 4 nitrogen and oxygen atoms in total. The molecule has 0 aliphatic carbocycles. The first kappa shape index (κ1) is 11.2. The number of rotatable bonds is 2. The van der Waals surface area contributed by atoms with Crippen LogP contribution in [-0.4, -0.2) is 17.6 Å². The number of H-pyrrole nitrogens is 1. The van der Waals surface area contributed by atoms with Crippen LogP contribution in [0.4, 0.5) is 0 Å². The summed E-state index contributed by atoms with van der Waals surface area (Å²) in [6, 6.07) is 1.28. The number of aromatic amines is 1. The van der Waals surface area contributed by atoms with E-state index in [4.69, 9.17) is 16.3 Å². The first-order valence-corrected chi connectivity index (χ1v) is 5.86. The number of carbonyl (C=O) groups is 1. The summed E-state index contributed by atoms with van der Waals surface area (Å²) in [6.07, 6.45) is 0. The van der Waals surface area contributed by atoms with Gasteiger partial charge in [-0.05, 0) is 6.92 Å². The van der Waals surface area contributed by atoms with Gasteiger partial charge in [-0.1, -0.05) is 11.6 Å². The molecule has 2 heterocycles. The van der Waals surface area contributed by atoms with Gasteiger partial charge in [0.05, 0.1) is 17.1 Å². The molecule has 0 aliphatic rings. The van der Waals surface area contributed by atoms with Crippen molar-refractivity contribution in [3.05, 3.63) is 31.7 Å². The smallest absolute Gasteiger partial charge is 0.350 e. The van der Waals surface area contributed by atoms with Gasteiger partial charge in [0.25, 0.3) is 0 Å². The van der Waals surface area contributed by atoms with E-state index in [1.807, 2.05) is 0 Å². The summed E-state index contributed by atoms with van der Waals surface area (Å²) >= 11 is 7.10. The maximum atomic E-state index is 11.6. The molecule has 0 amide bonds. The number of ether oxygens (including phenoxy) is 1. The van der Waals surface area contributed by atoms with Crippen LogP contribution in [0.3, 0.4) is 0 Å². The van der Waals surface area contributed by atoms with Gasteiger partial charge in [0.1, 0.15) is 4.88 Å². The number of nitrogens with one attached hydrogen (secondary N) is 1. The molecule has 0 bridgehead atoms. The molecule has 0 unspecified atom stereocenters. The van der Waals surface area contributed by atoms with Crippen LogP contribution in [0.15, 0.2) is 16.2 Å². The quantitative estimate of drug-likeness (QED) is 0.841. The highest BCUT2D eigenvalue weighted by Crippen LogP contribution is 2.28. The van der Waals surface area contributed by atoms with Crippen LogP contribution in [0.1, 0.15) is 16.6 Å². The van der Waals surface area contributed by atoms with Gasteiger partial charge in [-0.25, -0.2) is 4.79 Å². The molecule has 0 atom stereocenters. The zero-order valence-corrected chi connectivity index (χ0v) is 9.95. The van der Waals surface area contributed by atoms with E-state index in [0.29, 0.717) is 27.4 Å². The Morgan fingerprint density at radius 3 is 3.06 bits per heavy atom. The zero-order valence-electron chi connectivity index (χ0n) is 8.37. The number of aromatic nitrogens is 1. The first-order valence-electron chi connectivity index (χ1n) is 4.60. The fourth-order valence-corrected chi connectivity index (χ4v) is 2.58. The van der Waals surface area contributed by atoms with E-state index in [2.05, 4.69) is 4.98 Å².